The molecule has 39 heavy (non-hydrogen) atoms. The maximum atomic E-state index is 13.4. The van der Waals surface area contributed by atoms with Crippen LogP contribution in [0.5, 0.6) is 0 Å². The molecule has 0 unspecified atom stereocenters. The summed E-state index contributed by atoms with van der Waals surface area (Å²) in [6, 6.07) is 31.3. The van der Waals surface area contributed by atoms with Gasteiger partial charge in [0.15, 0.2) is 0 Å². The summed E-state index contributed by atoms with van der Waals surface area (Å²) in [5, 5.41) is 5.79. The van der Waals surface area contributed by atoms with E-state index in [2.05, 4.69) is 27.7 Å². The smallest absolute Gasteiger partial charge is 0.256 e. The zero-order valence-corrected chi connectivity index (χ0v) is 21.8. The maximum Gasteiger partial charge on any atom is 0.256 e. The van der Waals surface area contributed by atoms with Crippen molar-refractivity contribution in [3.05, 3.63) is 125 Å². The molecule has 4 aromatic carbocycles. The Morgan fingerprint density at radius 3 is 1.92 bits per heavy atom. The van der Waals surface area contributed by atoms with Gasteiger partial charge < -0.3 is 20.4 Å². The predicted octanol–water partition coefficient (Wildman–Crippen LogP) is 5.46. The Kier molecular flexibility index (Phi) is 7.68. The molecule has 0 atom stereocenters. The summed E-state index contributed by atoms with van der Waals surface area (Å²) >= 11 is 0. The van der Waals surface area contributed by atoms with Gasteiger partial charge >= 0.3 is 0 Å². The van der Waals surface area contributed by atoms with Crippen molar-refractivity contribution in [1.82, 2.24) is 4.90 Å². The van der Waals surface area contributed by atoms with Gasteiger partial charge in [-0.2, -0.15) is 0 Å². The molecule has 0 radical (unpaired) electrons. The predicted molar refractivity (Wildman–Crippen MR) is 155 cm³/mol. The number of para-hydroxylation sites is 2. The molecule has 4 aromatic rings. The van der Waals surface area contributed by atoms with Gasteiger partial charge in [-0.3, -0.25) is 14.4 Å². The third kappa shape index (κ3) is 5.99. The highest BCUT2D eigenvalue weighted by molar-refractivity contribution is 6.10. The minimum Gasteiger partial charge on any atom is -0.368 e. The number of amides is 3. The van der Waals surface area contributed by atoms with Gasteiger partial charge in [0.1, 0.15) is 0 Å². The van der Waals surface area contributed by atoms with Crippen LogP contribution in [0.25, 0.3) is 0 Å². The van der Waals surface area contributed by atoms with Crippen LogP contribution in [0.2, 0.25) is 0 Å². The summed E-state index contributed by atoms with van der Waals surface area (Å²) in [5.74, 6) is -0.725. The lowest BCUT2D eigenvalue weighted by Gasteiger charge is -2.36. The van der Waals surface area contributed by atoms with E-state index < -0.39 is 0 Å². The standard InChI is InChI=1S/C32H30N4O3/c1-23-16-17-25(22-29(23)34-30(37)24-10-4-2-5-11-24)31(38)33-28-15-9-8-14-27(28)32(39)36-20-18-35(19-21-36)26-12-6-3-7-13-26/h2-17,22H,18-21H2,1H3,(H,33,38)(H,34,37). The number of piperazine rings is 1. The van der Waals surface area contributed by atoms with E-state index in [1.165, 1.54) is 0 Å². The summed E-state index contributed by atoms with van der Waals surface area (Å²) in [7, 11) is 0. The van der Waals surface area contributed by atoms with Gasteiger partial charge in [0.05, 0.1) is 11.3 Å². The lowest BCUT2D eigenvalue weighted by molar-refractivity contribution is 0.0747. The monoisotopic (exact) mass is 518 g/mol. The number of benzene rings is 4. The van der Waals surface area contributed by atoms with E-state index in [4.69, 9.17) is 0 Å². The molecule has 7 nitrogen and oxygen atoms in total. The Morgan fingerprint density at radius 2 is 1.21 bits per heavy atom. The molecule has 0 spiro atoms. The third-order valence-corrected chi connectivity index (χ3v) is 6.88. The van der Waals surface area contributed by atoms with Gasteiger partial charge in [-0.25, -0.2) is 0 Å². The van der Waals surface area contributed by atoms with E-state index in [9.17, 15) is 14.4 Å². The van der Waals surface area contributed by atoms with Crippen LogP contribution >= 0.6 is 0 Å². The average molecular weight is 519 g/mol. The summed E-state index contributed by atoms with van der Waals surface area (Å²) in [6.07, 6.45) is 0. The second-order valence-corrected chi connectivity index (χ2v) is 9.46. The van der Waals surface area contributed by atoms with Crippen molar-refractivity contribution in [3.63, 3.8) is 0 Å². The highest BCUT2D eigenvalue weighted by Crippen LogP contribution is 2.23. The van der Waals surface area contributed by atoms with E-state index in [1.807, 2.05) is 36.1 Å². The maximum absolute atomic E-state index is 13.4. The van der Waals surface area contributed by atoms with Gasteiger partial charge in [-0.15, -0.1) is 0 Å². The molecule has 1 fully saturated rings. The van der Waals surface area contributed by atoms with E-state index in [-0.39, 0.29) is 17.7 Å². The van der Waals surface area contributed by atoms with Crippen molar-refractivity contribution in [2.45, 2.75) is 6.92 Å². The molecule has 1 heterocycles. The van der Waals surface area contributed by atoms with Crippen LogP contribution in [0, 0.1) is 6.92 Å². The number of carbonyl (C=O) groups is 3. The second kappa shape index (κ2) is 11.6. The first-order chi connectivity index (χ1) is 19.0. The fourth-order valence-electron chi connectivity index (χ4n) is 4.63. The molecular formula is C32H30N4O3. The van der Waals surface area contributed by atoms with E-state index in [1.54, 1.807) is 66.7 Å². The van der Waals surface area contributed by atoms with E-state index in [0.717, 1.165) is 24.3 Å². The summed E-state index contributed by atoms with van der Waals surface area (Å²) < 4.78 is 0. The van der Waals surface area contributed by atoms with Crippen molar-refractivity contribution >= 4 is 34.8 Å². The number of aryl methyl sites for hydroxylation is 1. The number of rotatable bonds is 6. The van der Waals surface area contributed by atoms with Crippen LogP contribution < -0.4 is 15.5 Å². The Labute approximate surface area is 228 Å². The Morgan fingerprint density at radius 1 is 0.615 bits per heavy atom. The number of hydrogen-bond acceptors (Lipinski definition) is 4. The normalized spacial score (nSPS) is 13.1. The topological polar surface area (TPSA) is 81.8 Å². The van der Waals surface area contributed by atoms with Gasteiger partial charge in [0.25, 0.3) is 17.7 Å². The van der Waals surface area contributed by atoms with Crippen LogP contribution in [0.4, 0.5) is 17.1 Å². The molecule has 7 heteroatoms. The number of anilines is 3. The molecule has 1 aliphatic heterocycles. The summed E-state index contributed by atoms with van der Waals surface area (Å²) in [4.78, 5) is 43.4. The highest BCUT2D eigenvalue weighted by atomic mass is 16.2. The molecule has 2 N–H and O–H groups in total. The Balaban J connectivity index is 1.27. The first-order valence-corrected chi connectivity index (χ1v) is 13.0. The van der Waals surface area contributed by atoms with Crippen LogP contribution in [-0.4, -0.2) is 48.8 Å². The van der Waals surface area contributed by atoms with Gasteiger partial charge in [-0.05, 0) is 61.0 Å². The first-order valence-electron chi connectivity index (χ1n) is 13.0. The average Bonchev–Trinajstić information content (AvgIpc) is 2.99. The molecule has 5 rings (SSSR count). The van der Waals surface area contributed by atoms with Gasteiger partial charge in [-0.1, -0.05) is 54.6 Å². The van der Waals surface area contributed by atoms with E-state index >= 15 is 0 Å². The fraction of sp³-hybridized carbons (Fsp3) is 0.156. The summed E-state index contributed by atoms with van der Waals surface area (Å²) in [6.45, 7) is 4.54. The molecule has 0 saturated carbocycles. The van der Waals surface area contributed by atoms with Gasteiger partial charge in [0, 0.05) is 48.7 Å². The van der Waals surface area contributed by atoms with Gasteiger partial charge in [0.2, 0.25) is 0 Å². The number of nitrogens with one attached hydrogen (secondary N) is 2. The van der Waals surface area contributed by atoms with Crippen molar-refractivity contribution < 1.29 is 14.4 Å². The van der Waals surface area contributed by atoms with Crippen LogP contribution in [-0.2, 0) is 0 Å². The lowest BCUT2D eigenvalue weighted by Crippen LogP contribution is -2.48. The lowest BCUT2D eigenvalue weighted by atomic mass is 10.1. The Hall–Kier alpha value is -4.91. The van der Waals surface area contributed by atoms with Crippen molar-refractivity contribution in [2.24, 2.45) is 0 Å². The van der Waals surface area contributed by atoms with Crippen molar-refractivity contribution in [2.75, 3.05) is 41.7 Å². The first kappa shape index (κ1) is 25.7. The molecule has 196 valence electrons. The largest absolute Gasteiger partial charge is 0.368 e. The zero-order valence-electron chi connectivity index (χ0n) is 21.8. The van der Waals surface area contributed by atoms with Crippen LogP contribution in [0.3, 0.4) is 0 Å². The van der Waals surface area contributed by atoms with Crippen molar-refractivity contribution in [3.8, 4) is 0 Å². The molecule has 3 amide bonds. The number of nitrogens with zero attached hydrogens (tertiary/aromatic N) is 2. The van der Waals surface area contributed by atoms with Crippen LogP contribution in [0.1, 0.15) is 36.6 Å². The molecular weight excluding hydrogens is 488 g/mol. The Bertz CT molecular complexity index is 1480. The van der Waals surface area contributed by atoms with Crippen LogP contribution in [0.15, 0.2) is 103 Å². The molecule has 0 aliphatic carbocycles. The van der Waals surface area contributed by atoms with Crippen molar-refractivity contribution in [1.29, 1.82) is 0 Å². The SMILES string of the molecule is Cc1ccc(C(=O)Nc2ccccc2C(=O)N2CCN(c3ccccc3)CC2)cc1NC(=O)c1ccccc1. The molecule has 0 bridgehead atoms. The van der Waals surface area contributed by atoms with E-state index in [0.29, 0.717) is 41.2 Å². The minimum absolute atomic E-state index is 0.113. The quantitative estimate of drug-likeness (QED) is 0.355. The number of carbonyl (C=O) groups excluding carboxylic acids is 3. The summed E-state index contributed by atoms with van der Waals surface area (Å²) in [5.41, 5.74) is 4.34. The second-order valence-electron chi connectivity index (χ2n) is 9.46. The highest BCUT2D eigenvalue weighted by Gasteiger charge is 2.24. The third-order valence-electron chi connectivity index (χ3n) is 6.88. The number of hydrogen-bond donors (Lipinski definition) is 2. The molecule has 1 saturated heterocycles. The zero-order chi connectivity index (χ0) is 27.2. The molecule has 0 aromatic heterocycles. The molecule has 1 aliphatic rings. The minimum atomic E-state index is -0.362. The fourth-order valence-corrected chi connectivity index (χ4v) is 4.63.